The number of aliphatic hydroxyl groups excluding tert-OH is 1. The molecule has 114 valence electrons. The van der Waals surface area contributed by atoms with Crippen LogP contribution in [0.5, 0.6) is 0 Å². The van der Waals surface area contributed by atoms with E-state index in [0.29, 0.717) is 0 Å². The number of aliphatic hydroxyl groups is 1. The quantitative estimate of drug-likeness (QED) is 0.889. The van der Waals surface area contributed by atoms with Crippen LogP contribution in [0.25, 0.3) is 0 Å². The van der Waals surface area contributed by atoms with E-state index in [4.69, 9.17) is 11.6 Å². The Hall–Kier alpha value is -1.32. The van der Waals surface area contributed by atoms with Gasteiger partial charge in [0.05, 0.1) is 16.4 Å². The van der Waals surface area contributed by atoms with Crippen LogP contribution < -0.4 is 0 Å². The number of hydrogen-bond acceptors (Lipinski definition) is 2. The van der Waals surface area contributed by atoms with Gasteiger partial charge in [0, 0.05) is 13.7 Å². The number of aryl methyl sites for hydroxylation is 3. The van der Waals surface area contributed by atoms with Crippen LogP contribution in [0, 0.1) is 12.8 Å². The van der Waals surface area contributed by atoms with Gasteiger partial charge in [-0.05, 0) is 37.7 Å². The van der Waals surface area contributed by atoms with Crippen LogP contribution in [0.3, 0.4) is 0 Å². The summed E-state index contributed by atoms with van der Waals surface area (Å²) in [6.45, 7) is 4.29. The van der Waals surface area contributed by atoms with E-state index < -0.39 is 0 Å². The minimum Gasteiger partial charge on any atom is -0.396 e. The molecule has 0 aliphatic carbocycles. The van der Waals surface area contributed by atoms with Crippen LogP contribution in [0.4, 0.5) is 0 Å². The van der Waals surface area contributed by atoms with Crippen LogP contribution in [0.15, 0.2) is 24.3 Å². The van der Waals surface area contributed by atoms with Gasteiger partial charge in [-0.15, -0.1) is 0 Å². The summed E-state index contributed by atoms with van der Waals surface area (Å²) >= 11 is 6.39. The van der Waals surface area contributed by atoms with Crippen LogP contribution in [0.1, 0.15) is 29.4 Å². The first-order valence-corrected chi connectivity index (χ1v) is 7.79. The molecule has 1 atom stereocenters. The van der Waals surface area contributed by atoms with E-state index in [2.05, 4.69) is 36.3 Å². The predicted octanol–water partition coefficient (Wildman–Crippen LogP) is 3.34. The second kappa shape index (κ2) is 7.10. The molecular weight excluding hydrogens is 284 g/mol. The van der Waals surface area contributed by atoms with E-state index in [-0.39, 0.29) is 12.5 Å². The fraction of sp³-hybridized carbons (Fsp3) is 0.471. The molecule has 0 spiro atoms. The summed E-state index contributed by atoms with van der Waals surface area (Å²) in [7, 11) is 1.92. The first-order valence-electron chi connectivity index (χ1n) is 7.41. The zero-order chi connectivity index (χ0) is 15.4. The molecule has 1 aromatic heterocycles. The van der Waals surface area contributed by atoms with Gasteiger partial charge in [-0.1, -0.05) is 48.4 Å². The van der Waals surface area contributed by atoms with Crippen molar-refractivity contribution in [2.24, 2.45) is 13.0 Å². The smallest absolute Gasteiger partial charge is 0.0849 e. The lowest BCUT2D eigenvalue weighted by Gasteiger charge is -2.15. The number of rotatable bonds is 6. The van der Waals surface area contributed by atoms with E-state index in [0.717, 1.165) is 35.7 Å². The fourth-order valence-corrected chi connectivity index (χ4v) is 3.06. The maximum atomic E-state index is 9.69. The molecule has 0 saturated heterocycles. The average molecular weight is 307 g/mol. The van der Waals surface area contributed by atoms with Crippen LogP contribution in [-0.2, 0) is 26.3 Å². The largest absolute Gasteiger partial charge is 0.396 e. The van der Waals surface area contributed by atoms with Crippen molar-refractivity contribution in [1.29, 1.82) is 0 Å². The highest BCUT2D eigenvalue weighted by molar-refractivity contribution is 6.31. The number of halogens is 1. The molecule has 0 amide bonds. The summed E-state index contributed by atoms with van der Waals surface area (Å²) in [6, 6.07) is 8.43. The number of benzene rings is 1. The summed E-state index contributed by atoms with van der Waals surface area (Å²) in [6.07, 6.45) is 2.42. The zero-order valence-corrected chi connectivity index (χ0v) is 13.7. The molecule has 2 rings (SSSR count). The van der Waals surface area contributed by atoms with E-state index in [9.17, 15) is 5.11 Å². The van der Waals surface area contributed by atoms with E-state index in [1.807, 2.05) is 18.7 Å². The van der Waals surface area contributed by atoms with Crippen molar-refractivity contribution in [1.82, 2.24) is 9.78 Å². The SMILES string of the molecule is CCc1nn(C)c(CC(CO)Cc2cccc(C)c2)c1Cl. The van der Waals surface area contributed by atoms with E-state index >= 15 is 0 Å². The topological polar surface area (TPSA) is 38.0 Å². The summed E-state index contributed by atoms with van der Waals surface area (Å²) in [4.78, 5) is 0. The summed E-state index contributed by atoms with van der Waals surface area (Å²) in [5, 5.41) is 14.9. The van der Waals surface area contributed by atoms with Crippen molar-refractivity contribution in [3.05, 3.63) is 51.8 Å². The van der Waals surface area contributed by atoms with Gasteiger partial charge in [-0.2, -0.15) is 5.10 Å². The standard InChI is InChI=1S/C17H23ClN2O/c1-4-15-17(18)16(20(3)19-15)10-14(11-21)9-13-7-5-6-12(2)8-13/h5-8,14,21H,4,9-11H2,1-3H3. The molecule has 3 nitrogen and oxygen atoms in total. The first-order chi connectivity index (χ1) is 10.0. The molecule has 0 saturated carbocycles. The van der Waals surface area contributed by atoms with E-state index in [1.165, 1.54) is 11.1 Å². The first kappa shape index (κ1) is 16.1. The fourth-order valence-electron chi connectivity index (χ4n) is 2.69. The minimum atomic E-state index is 0.150. The number of hydrogen-bond donors (Lipinski definition) is 1. The van der Waals surface area contributed by atoms with Crippen LogP contribution in [-0.4, -0.2) is 21.5 Å². The van der Waals surface area contributed by atoms with Gasteiger partial charge in [-0.3, -0.25) is 4.68 Å². The lowest BCUT2D eigenvalue weighted by Crippen LogP contribution is -2.15. The molecule has 0 aliphatic heterocycles. The van der Waals surface area contributed by atoms with Crippen LogP contribution in [0.2, 0.25) is 5.02 Å². The maximum absolute atomic E-state index is 9.69. The second-order valence-corrected chi connectivity index (χ2v) is 6.01. The lowest BCUT2D eigenvalue weighted by molar-refractivity contribution is 0.223. The third kappa shape index (κ3) is 3.86. The molecule has 21 heavy (non-hydrogen) atoms. The van der Waals surface area contributed by atoms with Gasteiger partial charge in [0.15, 0.2) is 0 Å². The van der Waals surface area contributed by atoms with Gasteiger partial charge < -0.3 is 5.11 Å². The Morgan fingerprint density at radius 2 is 2.10 bits per heavy atom. The Bertz CT molecular complexity index is 607. The summed E-state index contributed by atoms with van der Waals surface area (Å²) in [5.41, 5.74) is 4.45. The predicted molar refractivity (Wildman–Crippen MR) is 86.8 cm³/mol. The molecule has 0 aliphatic rings. The van der Waals surface area contributed by atoms with Crippen LogP contribution >= 0.6 is 11.6 Å². The van der Waals surface area contributed by atoms with Crippen molar-refractivity contribution < 1.29 is 5.11 Å². The molecule has 0 fully saturated rings. The molecule has 0 bridgehead atoms. The summed E-state index contributed by atoms with van der Waals surface area (Å²) in [5.74, 6) is 0.157. The second-order valence-electron chi connectivity index (χ2n) is 5.63. The molecular formula is C17H23ClN2O. The Kier molecular flexibility index (Phi) is 5.43. The van der Waals surface area contributed by atoms with Crippen molar-refractivity contribution in [3.63, 3.8) is 0 Å². The third-order valence-corrected chi connectivity index (χ3v) is 4.29. The van der Waals surface area contributed by atoms with Gasteiger partial charge in [-0.25, -0.2) is 0 Å². The van der Waals surface area contributed by atoms with Gasteiger partial charge in [0.1, 0.15) is 0 Å². The highest BCUT2D eigenvalue weighted by Gasteiger charge is 2.18. The Labute approximate surface area is 131 Å². The zero-order valence-electron chi connectivity index (χ0n) is 12.9. The third-order valence-electron chi connectivity index (χ3n) is 3.85. The van der Waals surface area contributed by atoms with Gasteiger partial charge >= 0.3 is 0 Å². The van der Waals surface area contributed by atoms with Crippen molar-refractivity contribution in [2.75, 3.05) is 6.61 Å². The maximum Gasteiger partial charge on any atom is 0.0849 e. The van der Waals surface area contributed by atoms with Gasteiger partial charge in [0.25, 0.3) is 0 Å². The molecule has 2 aromatic rings. The Morgan fingerprint density at radius 3 is 2.67 bits per heavy atom. The average Bonchev–Trinajstić information content (AvgIpc) is 2.73. The molecule has 1 unspecified atom stereocenters. The number of nitrogens with zero attached hydrogens (tertiary/aromatic N) is 2. The Morgan fingerprint density at radius 1 is 1.33 bits per heavy atom. The monoisotopic (exact) mass is 306 g/mol. The van der Waals surface area contributed by atoms with E-state index in [1.54, 1.807) is 0 Å². The van der Waals surface area contributed by atoms with Crippen molar-refractivity contribution >= 4 is 11.6 Å². The molecule has 4 heteroatoms. The van der Waals surface area contributed by atoms with Crippen molar-refractivity contribution in [2.45, 2.75) is 33.1 Å². The Balaban J connectivity index is 2.14. The van der Waals surface area contributed by atoms with Gasteiger partial charge in [0.2, 0.25) is 0 Å². The molecule has 0 radical (unpaired) electrons. The molecule has 1 N–H and O–H groups in total. The molecule has 1 aromatic carbocycles. The summed E-state index contributed by atoms with van der Waals surface area (Å²) < 4.78 is 1.85. The highest BCUT2D eigenvalue weighted by Crippen LogP contribution is 2.24. The molecule has 1 heterocycles. The normalized spacial score (nSPS) is 12.6. The minimum absolute atomic E-state index is 0.150. The number of aromatic nitrogens is 2. The lowest BCUT2D eigenvalue weighted by atomic mass is 9.94. The highest BCUT2D eigenvalue weighted by atomic mass is 35.5. The van der Waals surface area contributed by atoms with Crippen molar-refractivity contribution in [3.8, 4) is 0 Å².